The zero-order valence-corrected chi connectivity index (χ0v) is 20.9. The molecule has 0 spiro atoms. The minimum Gasteiger partial charge on any atom is -0.463 e. The lowest BCUT2D eigenvalue weighted by Crippen LogP contribution is -2.64. The summed E-state index contributed by atoms with van der Waals surface area (Å²) in [6.45, 7) is 3.49. The van der Waals surface area contributed by atoms with Crippen molar-refractivity contribution >= 4 is 35.7 Å². The lowest BCUT2D eigenvalue weighted by Gasteiger charge is -2.43. The number of hydrogen-bond donors (Lipinski definition) is 1. The Hall–Kier alpha value is -3.53. The molecule has 0 aliphatic carbocycles. The molecule has 2 amide bonds. The summed E-state index contributed by atoms with van der Waals surface area (Å²) in [6, 6.07) is 17.8. The van der Waals surface area contributed by atoms with Crippen molar-refractivity contribution in [2.45, 2.75) is 43.2 Å². The van der Waals surface area contributed by atoms with Crippen LogP contribution < -0.4 is 5.32 Å². The number of β-lactam (4-membered cyclic amide) rings is 1. The molecule has 2 saturated heterocycles. The highest BCUT2D eigenvalue weighted by atomic mass is 32.2. The quantitative estimate of drug-likeness (QED) is 0.310. The maximum Gasteiger partial charge on any atom is 0.407 e. The lowest BCUT2D eigenvalue weighted by atomic mass is 9.92. The van der Waals surface area contributed by atoms with Gasteiger partial charge in [-0.25, -0.2) is 9.59 Å². The highest BCUT2D eigenvalue weighted by Gasteiger charge is 2.64. The number of alkyl carbamates (subject to hydrolysis) is 1. The summed E-state index contributed by atoms with van der Waals surface area (Å²) < 4.78 is 15.2. The molecular weight excluding hydrogens is 484 g/mol. The van der Waals surface area contributed by atoms with Crippen molar-refractivity contribution in [1.82, 2.24) is 10.2 Å². The van der Waals surface area contributed by atoms with Gasteiger partial charge in [0, 0.05) is 4.75 Å². The van der Waals surface area contributed by atoms with Crippen molar-refractivity contribution in [3.8, 4) is 0 Å². The second kappa shape index (κ2) is 11.0. The van der Waals surface area contributed by atoms with E-state index in [-0.39, 0.29) is 37.6 Å². The molecule has 0 aromatic heterocycles. The average molecular weight is 513 g/mol. The topological polar surface area (TPSA) is 111 Å². The zero-order valence-electron chi connectivity index (χ0n) is 20.0. The van der Waals surface area contributed by atoms with Crippen molar-refractivity contribution in [3.05, 3.63) is 71.8 Å². The standard InChI is InChI=1S/C26H28N2O7S/c1-26(2)21(24(31)34-14-17-9-5-3-6-10-17)28-22(30)19(23(28)36-26)16-33-20(29)13-27-25(32)35-15-18-11-7-4-8-12-18/h3-12,19,21,23H,13-16H2,1-2H3,(H,27,32)/t19-,21+,23-/m1/s1. The number of rotatable bonds is 9. The van der Waals surface area contributed by atoms with Crippen molar-refractivity contribution in [2.24, 2.45) is 5.92 Å². The summed E-state index contributed by atoms with van der Waals surface area (Å²) in [5.41, 5.74) is 1.69. The number of nitrogens with zero attached hydrogens (tertiary/aromatic N) is 1. The Labute approximate surface area is 213 Å². The van der Waals surface area contributed by atoms with E-state index in [9.17, 15) is 19.2 Å². The number of ether oxygens (including phenoxy) is 3. The van der Waals surface area contributed by atoms with Gasteiger partial charge in [-0.15, -0.1) is 11.8 Å². The van der Waals surface area contributed by atoms with Crippen LogP contribution in [0.3, 0.4) is 0 Å². The predicted octanol–water partition coefficient (Wildman–Crippen LogP) is 2.88. The number of carbonyl (C=O) groups is 4. The molecule has 36 heavy (non-hydrogen) atoms. The van der Waals surface area contributed by atoms with E-state index >= 15 is 0 Å². The summed E-state index contributed by atoms with van der Waals surface area (Å²) in [4.78, 5) is 51.1. The number of carbonyl (C=O) groups excluding carboxylic acids is 4. The molecule has 2 aromatic rings. The molecule has 2 heterocycles. The van der Waals surface area contributed by atoms with E-state index in [1.54, 1.807) is 0 Å². The smallest absolute Gasteiger partial charge is 0.407 e. The SMILES string of the molecule is CC1(C)S[C@@H]2[C@H](COC(=O)CNC(=O)OCc3ccccc3)C(=O)N2[C@H]1C(=O)OCc1ccccc1. The van der Waals surface area contributed by atoms with Gasteiger partial charge in [0.25, 0.3) is 0 Å². The first-order valence-corrected chi connectivity index (χ1v) is 12.4. The first-order chi connectivity index (χ1) is 17.3. The fourth-order valence-corrected chi connectivity index (χ4v) is 5.84. The first-order valence-electron chi connectivity index (χ1n) is 11.6. The van der Waals surface area contributed by atoms with Gasteiger partial charge in [0.1, 0.15) is 38.3 Å². The Bertz CT molecular complexity index is 1110. The number of benzene rings is 2. The van der Waals surface area contributed by atoms with E-state index in [1.165, 1.54) is 16.7 Å². The number of hydrogen-bond acceptors (Lipinski definition) is 8. The monoisotopic (exact) mass is 512 g/mol. The molecule has 0 unspecified atom stereocenters. The molecular formula is C26H28N2O7S. The van der Waals surface area contributed by atoms with Gasteiger partial charge in [-0.1, -0.05) is 60.7 Å². The fraction of sp³-hybridized carbons (Fsp3) is 0.385. The molecule has 10 heteroatoms. The zero-order chi connectivity index (χ0) is 25.7. The molecule has 2 aromatic carbocycles. The highest BCUT2D eigenvalue weighted by molar-refractivity contribution is 8.01. The van der Waals surface area contributed by atoms with Gasteiger partial charge in [0.05, 0.1) is 5.37 Å². The minimum absolute atomic E-state index is 0.0811. The van der Waals surface area contributed by atoms with Crippen LogP contribution in [0.15, 0.2) is 60.7 Å². The van der Waals surface area contributed by atoms with Crippen LogP contribution >= 0.6 is 11.8 Å². The maximum absolute atomic E-state index is 12.9. The average Bonchev–Trinajstić information content (AvgIpc) is 3.13. The van der Waals surface area contributed by atoms with E-state index in [1.807, 2.05) is 74.5 Å². The molecule has 190 valence electrons. The van der Waals surface area contributed by atoms with Crippen molar-refractivity contribution in [3.63, 3.8) is 0 Å². The molecule has 3 atom stereocenters. The number of nitrogens with one attached hydrogen (secondary N) is 1. The lowest BCUT2D eigenvalue weighted by molar-refractivity contribution is -0.171. The van der Waals surface area contributed by atoms with Gasteiger partial charge in [0.15, 0.2) is 0 Å². The minimum atomic E-state index is -0.744. The molecule has 2 aliphatic rings. The largest absolute Gasteiger partial charge is 0.463 e. The predicted molar refractivity (Wildman–Crippen MR) is 131 cm³/mol. The van der Waals surface area contributed by atoms with Gasteiger partial charge < -0.3 is 24.4 Å². The van der Waals surface area contributed by atoms with Crippen LogP contribution in [-0.4, -0.2) is 58.2 Å². The van der Waals surface area contributed by atoms with E-state index in [4.69, 9.17) is 14.2 Å². The number of esters is 2. The Morgan fingerprint density at radius 1 is 0.917 bits per heavy atom. The van der Waals surface area contributed by atoms with Gasteiger partial charge >= 0.3 is 18.0 Å². The van der Waals surface area contributed by atoms with E-state index in [2.05, 4.69) is 5.32 Å². The summed E-state index contributed by atoms with van der Waals surface area (Å²) >= 11 is 1.49. The Balaban J connectivity index is 1.21. The van der Waals surface area contributed by atoms with Crippen molar-refractivity contribution < 1.29 is 33.4 Å². The summed E-state index contributed by atoms with van der Waals surface area (Å²) in [7, 11) is 0. The molecule has 0 bridgehead atoms. The molecule has 0 radical (unpaired) electrons. The van der Waals surface area contributed by atoms with Crippen molar-refractivity contribution in [1.29, 1.82) is 0 Å². The van der Waals surface area contributed by atoms with Crippen LogP contribution in [0.4, 0.5) is 4.79 Å². The number of amides is 2. The van der Waals surface area contributed by atoms with Gasteiger partial charge in [-0.05, 0) is 25.0 Å². The molecule has 1 N–H and O–H groups in total. The van der Waals surface area contributed by atoms with Gasteiger partial charge in [-0.3, -0.25) is 9.59 Å². The van der Waals surface area contributed by atoms with Crippen LogP contribution in [0.25, 0.3) is 0 Å². The van der Waals surface area contributed by atoms with Gasteiger partial charge in [0.2, 0.25) is 5.91 Å². The summed E-state index contributed by atoms with van der Waals surface area (Å²) in [6.07, 6.45) is -0.744. The van der Waals surface area contributed by atoms with Crippen LogP contribution in [-0.2, 0) is 41.8 Å². The molecule has 2 fully saturated rings. The number of thioether (sulfide) groups is 1. The second-order valence-corrected chi connectivity index (χ2v) is 10.8. The second-order valence-electron chi connectivity index (χ2n) is 9.06. The van der Waals surface area contributed by atoms with Crippen LogP contribution in [0.2, 0.25) is 0 Å². The summed E-state index contributed by atoms with van der Waals surface area (Å²) in [5.74, 6) is -1.96. The third kappa shape index (κ3) is 5.81. The van der Waals surface area contributed by atoms with E-state index in [0.29, 0.717) is 0 Å². The van der Waals surface area contributed by atoms with Crippen LogP contribution in [0, 0.1) is 5.92 Å². The van der Waals surface area contributed by atoms with Crippen LogP contribution in [0.5, 0.6) is 0 Å². The highest BCUT2D eigenvalue weighted by Crippen LogP contribution is 2.53. The Morgan fingerprint density at radius 3 is 2.11 bits per heavy atom. The first kappa shape index (κ1) is 25.6. The molecule has 2 aliphatic heterocycles. The normalized spacial score (nSPS) is 21.7. The van der Waals surface area contributed by atoms with Gasteiger partial charge in [-0.2, -0.15) is 0 Å². The Morgan fingerprint density at radius 2 is 1.50 bits per heavy atom. The molecule has 4 rings (SSSR count). The third-order valence-electron chi connectivity index (χ3n) is 6.01. The van der Waals surface area contributed by atoms with Crippen LogP contribution in [0.1, 0.15) is 25.0 Å². The Kier molecular flexibility index (Phi) is 7.83. The molecule has 0 saturated carbocycles. The fourth-order valence-electron chi connectivity index (χ4n) is 4.19. The summed E-state index contributed by atoms with van der Waals surface area (Å²) in [5, 5.41) is 2.04. The maximum atomic E-state index is 12.9. The molecule has 9 nitrogen and oxygen atoms in total. The number of fused-ring (bicyclic) bond motifs is 1. The van der Waals surface area contributed by atoms with Crippen molar-refractivity contribution in [2.75, 3.05) is 13.2 Å². The van der Waals surface area contributed by atoms with E-state index in [0.717, 1.165) is 11.1 Å². The van der Waals surface area contributed by atoms with E-state index < -0.39 is 34.7 Å². The third-order valence-corrected chi connectivity index (χ3v) is 7.64.